The number of amidine groups is 1. The number of anilines is 1. The van der Waals surface area contributed by atoms with E-state index in [0.717, 1.165) is 20.0 Å². The average molecular weight is 504 g/mol. The summed E-state index contributed by atoms with van der Waals surface area (Å²) in [5.74, 6) is -0.409. The Morgan fingerprint density at radius 3 is 2.47 bits per heavy atom. The molecule has 0 aliphatic heterocycles. The quantitative estimate of drug-likeness (QED) is 0.166. The molecule has 1 amide bonds. The molecule has 1 atom stereocenters. The molecule has 4 rings (SSSR count). The summed E-state index contributed by atoms with van der Waals surface area (Å²) in [6.45, 7) is 1.95. The number of aryl methyl sites for hydroxylation is 1. The van der Waals surface area contributed by atoms with Crippen LogP contribution in [-0.4, -0.2) is 25.2 Å². The minimum atomic E-state index is -2.56. The van der Waals surface area contributed by atoms with E-state index in [4.69, 9.17) is 11.1 Å². The van der Waals surface area contributed by atoms with Crippen molar-refractivity contribution in [3.8, 4) is 0 Å². The van der Waals surface area contributed by atoms with Crippen LogP contribution in [-0.2, 0) is 29.0 Å². The summed E-state index contributed by atoms with van der Waals surface area (Å²) in [6, 6.07) is 21.2. The van der Waals surface area contributed by atoms with Gasteiger partial charge in [-0.05, 0) is 35.6 Å². The van der Waals surface area contributed by atoms with Crippen molar-refractivity contribution in [1.29, 1.82) is 5.41 Å². The van der Waals surface area contributed by atoms with Crippen molar-refractivity contribution in [2.75, 3.05) is 4.41 Å². The molecule has 0 spiro atoms. The highest BCUT2D eigenvalue weighted by Gasteiger charge is 2.21. The molecule has 4 aromatic rings. The molecule has 0 saturated carbocycles. The Hall–Kier alpha value is -4.28. The first-order chi connectivity index (χ1) is 17.3. The first-order valence-electron chi connectivity index (χ1n) is 11.1. The number of pyridine rings is 1. The third-order valence-corrected chi connectivity index (χ3v) is 6.48. The number of carbonyl (C=O) groups excluding carboxylic acids is 1. The van der Waals surface area contributed by atoms with Crippen LogP contribution in [0, 0.1) is 12.3 Å². The van der Waals surface area contributed by atoms with Crippen molar-refractivity contribution < 1.29 is 13.6 Å². The summed E-state index contributed by atoms with van der Waals surface area (Å²) in [6.07, 6.45) is 1.23. The zero-order chi connectivity index (χ0) is 25.8. The SMILES string of the molecule is Cc1ccn(N(c2cccc3ccccc23)S(=O)O)c(=O)c1CC(=O)NCc1ccc(C(=N)N)cc1. The molecule has 0 radical (unpaired) electrons. The Bertz CT molecular complexity index is 1530. The van der Waals surface area contributed by atoms with Gasteiger partial charge in [-0.1, -0.05) is 60.7 Å². The molecule has 1 aromatic heterocycles. The number of aromatic nitrogens is 1. The van der Waals surface area contributed by atoms with Crippen LogP contribution in [0.5, 0.6) is 0 Å². The molecular weight excluding hydrogens is 478 g/mol. The molecule has 1 heterocycles. The van der Waals surface area contributed by atoms with Crippen molar-refractivity contribution in [3.63, 3.8) is 0 Å². The summed E-state index contributed by atoms with van der Waals surface area (Å²) in [4.78, 5) is 26.1. The predicted molar refractivity (Wildman–Crippen MR) is 141 cm³/mol. The van der Waals surface area contributed by atoms with Gasteiger partial charge in [-0.2, -0.15) is 4.41 Å². The normalized spacial score (nSPS) is 11.7. The van der Waals surface area contributed by atoms with E-state index in [2.05, 4.69) is 5.32 Å². The van der Waals surface area contributed by atoms with Crippen LogP contribution in [0.25, 0.3) is 10.8 Å². The number of amides is 1. The van der Waals surface area contributed by atoms with Gasteiger partial charge in [-0.15, -0.1) is 0 Å². The fourth-order valence-corrected chi connectivity index (χ4v) is 4.50. The molecular formula is C26H25N5O4S. The van der Waals surface area contributed by atoms with Crippen LogP contribution < -0.4 is 21.0 Å². The molecule has 184 valence electrons. The van der Waals surface area contributed by atoms with Crippen LogP contribution >= 0.6 is 0 Å². The second-order valence-corrected chi connectivity index (χ2v) is 9.00. The minimum absolute atomic E-state index is 0.0391. The first-order valence-corrected chi connectivity index (χ1v) is 12.1. The summed E-state index contributed by atoms with van der Waals surface area (Å²) in [5.41, 5.74) is 7.49. The van der Waals surface area contributed by atoms with Gasteiger partial charge in [0.2, 0.25) is 5.91 Å². The number of hydrogen-bond donors (Lipinski definition) is 4. The van der Waals surface area contributed by atoms with Gasteiger partial charge < -0.3 is 11.1 Å². The van der Waals surface area contributed by atoms with Crippen molar-refractivity contribution in [1.82, 2.24) is 9.99 Å². The lowest BCUT2D eigenvalue weighted by molar-refractivity contribution is -0.120. The van der Waals surface area contributed by atoms with E-state index in [9.17, 15) is 18.4 Å². The first kappa shape index (κ1) is 24.8. The Labute approximate surface area is 210 Å². The van der Waals surface area contributed by atoms with Gasteiger partial charge in [-0.3, -0.25) is 19.6 Å². The number of benzene rings is 3. The zero-order valence-corrected chi connectivity index (χ0v) is 20.3. The smallest absolute Gasteiger partial charge is 0.281 e. The zero-order valence-electron chi connectivity index (χ0n) is 19.5. The highest BCUT2D eigenvalue weighted by molar-refractivity contribution is 7.80. The van der Waals surface area contributed by atoms with Gasteiger partial charge in [0.05, 0.1) is 12.1 Å². The standard InChI is InChI=1S/C26H25N5O4S/c1-17-13-14-30(31(36(34)35)23-8-4-6-19-5-2-3-7-21(19)23)26(33)22(17)15-24(32)29-16-18-9-11-20(12-10-18)25(27)28/h2-14H,15-16H2,1H3,(H3,27,28)(H,29,32)(H,34,35). The fourth-order valence-electron chi connectivity index (χ4n) is 3.89. The van der Waals surface area contributed by atoms with E-state index in [-0.39, 0.29) is 30.3 Å². The van der Waals surface area contributed by atoms with E-state index < -0.39 is 16.8 Å². The summed E-state index contributed by atoms with van der Waals surface area (Å²) in [5, 5.41) is 11.8. The lowest BCUT2D eigenvalue weighted by atomic mass is 10.1. The van der Waals surface area contributed by atoms with Crippen LogP contribution in [0.2, 0.25) is 0 Å². The van der Waals surface area contributed by atoms with Crippen molar-refractivity contribution in [2.45, 2.75) is 19.9 Å². The highest BCUT2D eigenvalue weighted by Crippen LogP contribution is 2.27. The highest BCUT2D eigenvalue weighted by atomic mass is 32.2. The van der Waals surface area contributed by atoms with E-state index >= 15 is 0 Å². The number of fused-ring (bicyclic) bond motifs is 1. The molecule has 0 aliphatic rings. The molecule has 9 nitrogen and oxygen atoms in total. The molecule has 0 aliphatic carbocycles. The van der Waals surface area contributed by atoms with E-state index in [1.165, 1.54) is 6.20 Å². The number of nitrogens with zero attached hydrogens (tertiary/aromatic N) is 2. The van der Waals surface area contributed by atoms with Crippen molar-refractivity contribution in [3.05, 3.63) is 112 Å². The maximum Gasteiger partial charge on any atom is 0.281 e. The fraction of sp³-hybridized carbons (Fsp3) is 0.115. The Morgan fingerprint density at radius 1 is 1.08 bits per heavy atom. The molecule has 1 unspecified atom stereocenters. The van der Waals surface area contributed by atoms with Crippen molar-refractivity contribution in [2.24, 2.45) is 5.73 Å². The van der Waals surface area contributed by atoms with Crippen LogP contribution in [0.15, 0.2) is 83.8 Å². The predicted octanol–water partition coefficient (Wildman–Crippen LogP) is 2.86. The van der Waals surface area contributed by atoms with Gasteiger partial charge in [0.25, 0.3) is 16.8 Å². The average Bonchev–Trinajstić information content (AvgIpc) is 2.87. The molecule has 10 heteroatoms. The summed E-state index contributed by atoms with van der Waals surface area (Å²) in [7, 11) is 0. The second-order valence-electron chi connectivity index (χ2n) is 8.19. The third-order valence-electron chi connectivity index (χ3n) is 5.82. The Kier molecular flexibility index (Phi) is 7.28. The van der Waals surface area contributed by atoms with Crippen molar-refractivity contribution >= 4 is 39.5 Å². The third kappa shape index (κ3) is 5.19. The van der Waals surface area contributed by atoms with Crippen LogP contribution in [0.4, 0.5) is 5.69 Å². The maximum absolute atomic E-state index is 13.4. The number of hydrogen-bond acceptors (Lipinski definition) is 4. The summed E-state index contributed by atoms with van der Waals surface area (Å²) < 4.78 is 24.6. The number of rotatable bonds is 8. The lowest BCUT2D eigenvalue weighted by Gasteiger charge is -2.24. The summed E-state index contributed by atoms with van der Waals surface area (Å²) >= 11 is -2.56. The molecule has 0 fully saturated rings. The number of nitrogens with one attached hydrogen (secondary N) is 2. The lowest BCUT2D eigenvalue weighted by Crippen LogP contribution is -2.41. The molecule has 0 saturated heterocycles. The van der Waals surface area contributed by atoms with Gasteiger partial charge in [0.1, 0.15) is 5.84 Å². The van der Waals surface area contributed by atoms with Gasteiger partial charge in [0, 0.05) is 29.3 Å². The number of carbonyl (C=O) groups is 1. The van der Waals surface area contributed by atoms with E-state index in [0.29, 0.717) is 22.2 Å². The molecule has 3 aromatic carbocycles. The Balaban J connectivity index is 1.61. The largest absolute Gasteiger partial charge is 0.384 e. The van der Waals surface area contributed by atoms with Crippen LogP contribution in [0.3, 0.4) is 0 Å². The van der Waals surface area contributed by atoms with Gasteiger partial charge in [0.15, 0.2) is 0 Å². The number of nitrogen functional groups attached to an aromatic ring is 1. The molecule has 36 heavy (non-hydrogen) atoms. The van der Waals surface area contributed by atoms with Gasteiger partial charge >= 0.3 is 0 Å². The Morgan fingerprint density at radius 2 is 1.78 bits per heavy atom. The monoisotopic (exact) mass is 503 g/mol. The van der Waals surface area contributed by atoms with E-state index in [1.54, 1.807) is 55.5 Å². The molecule has 0 bridgehead atoms. The molecule has 5 N–H and O–H groups in total. The van der Waals surface area contributed by atoms with Gasteiger partial charge in [-0.25, -0.2) is 8.89 Å². The number of nitrogens with two attached hydrogens (primary N) is 1. The maximum atomic E-state index is 13.4. The van der Waals surface area contributed by atoms with Crippen LogP contribution in [0.1, 0.15) is 22.3 Å². The minimum Gasteiger partial charge on any atom is -0.384 e. The second kappa shape index (κ2) is 10.5. The van der Waals surface area contributed by atoms with E-state index in [1.807, 2.05) is 24.3 Å². The topological polar surface area (TPSA) is 142 Å².